The lowest BCUT2D eigenvalue weighted by Crippen LogP contribution is -2.28. The SMILES string of the molecule is O=C1C=CCN(O)C1. The Labute approximate surface area is 47.2 Å². The average molecular weight is 113 g/mol. The highest BCUT2D eigenvalue weighted by Crippen LogP contribution is 1.91. The van der Waals surface area contributed by atoms with Crippen molar-refractivity contribution in [3.8, 4) is 0 Å². The third-order valence-corrected chi connectivity index (χ3v) is 0.958. The van der Waals surface area contributed by atoms with Crippen molar-refractivity contribution in [1.29, 1.82) is 0 Å². The van der Waals surface area contributed by atoms with Crippen LogP contribution in [0.15, 0.2) is 12.2 Å². The van der Waals surface area contributed by atoms with Crippen molar-refractivity contribution in [2.75, 3.05) is 13.1 Å². The van der Waals surface area contributed by atoms with Gasteiger partial charge in [-0.2, -0.15) is 5.06 Å². The van der Waals surface area contributed by atoms with Crippen LogP contribution in [0.1, 0.15) is 0 Å². The van der Waals surface area contributed by atoms with Crippen molar-refractivity contribution >= 4 is 5.78 Å². The molecule has 0 aromatic carbocycles. The molecule has 3 heteroatoms. The Kier molecular flexibility index (Phi) is 1.41. The maximum absolute atomic E-state index is 10.4. The minimum absolute atomic E-state index is 0.0428. The number of carbonyl (C=O) groups excluding carboxylic acids is 1. The largest absolute Gasteiger partial charge is 0.313 e. The molecular weight excluding hydrogens is 106 g/mol. The van der Waals surface area contributed by atoms with Crippen LogP contribution in [0.2, 0.25) is 0 Å². The zero-order valence-electron chi connectivity index (χ0n) is 4.37. The Hall–Kier alpha value is -0.670. The van der Waals surface area contributed by atoms with Gasteiger partial charge < -0.3 is 5.21 Å². The molecule has 0 amide bonds. The topological polar surface area (TPSA) is 40.5 Å². The molecule has 1 aliphatic heterocycles. The van der Waals surface area contributed by atoms with Crippen LogP contribution < -0.4 is 0 Å². The highest BCUT2D eigenvalue weighted by molar-refractivity contribution is 5.91. The molecule has 1 rings (SSSR count). The molecule has 1 aliphatic rings. The number of carbonyl (C=O) groups is 1. The molecule has 0 atom stereocenters. The smallest absolute Gasteiger partial charge is 0.171 e. The maximum atomic E-state index is 10.4. The quantitative estimate of drug-likeness (QED) is 0.473. The van der Waals surface area contributed by atoms with E-state index >= 15 is 0 Å². The van der Waals surface area contributed by atoms with E-state index in [4.69, 9.17) is 5.21 Å². The monoisotopic (exact) mass is 113 g/mol. The van der Waals surface area contributed by atoms with Crippen LogP contribution in [0.25, 0.3) is 0 Å². The number of ketones is 1. The lowest BCUT2D eigenvalue weighted by molar-refractivity contribution is -0.131. The van der Waals surface area contributed by atoms with Crippen molar-refractivity contribution in [2.24, 2.45) is 0 Å². The van der Waals surface area contributed by atoms with Crippen molar-refractivity contribution < 1.29 is 10.0 Å². The molecule has 0 saturated heterocycles. The standard InChI is InChI=1S/C5H7NO2/c7-5-2-1-3-6(8)4-5/h1-2,8H,3-4H2. The summed E-state index contributed by atoms with van der Waals surface area (Å²) in [6.07, 6.45) is 3.11. The number of hydrogen-bond acceptors (Lipinski definition) is 3. The second kappa shape index (κ2) is 2.07. The molecule has 8 heavy (non-hydrogen) atoms. The van der Waals surface area contributed by atoms with E-state index in [1.807, 2.05) is 0 Å². The molecule has 3 nitrogen and oxygen atoms in total. The lowest BCUT2D eigenvalue weighted by Gasteiger charge is -2.12. The molecule has 0 saturated carbocycles. The van der Waals surface area contributed by atoms with E-state index in [2.05, 4.69) is 0 Å². The van der Waals surface area contributed by atoms with Crippen LogP contribution in [0.4, 0.5) is 0 Å². The average Bonchev–Trinajstić information content (AvgIpc) is 1.64. The third kappa shape index (κ3) is 1.15. The molecule has 1 heterocycles. The van der Waals surface area contributed by atoms with Gasteiger partial charge in [0.1, 0.15) is 0 Å². The Morgan fingerprint density at radius 3 is 2.88 bits per heavy atom. The van der Waals surface area contributed by atoms with E-state index in [0.717, 1.165) is 5.06 Å². The minimum Gasteiger partial charge on any atom is -0.313 e. The van der Waals surface area contributed by atoms with Crippen molar-refractivity contribution in [3.63, 3.8) is 0 Å². The lowest BCUT2D eigenvalue weighted by atomic mass is 10.3. The summed E-state index contributed by atoms with van der Waals surface area (Å²) in [6.45, 7) is 0.599. The highest BCUT2D eigenvalue weighted by Gasteiger charge is 2.07. The summed E-state index contributed by atoms with van der Waals surface area (Å²) in [7, 11) is 0. The van der Waals surface area contributed by atoms with Gasteiger partial charge >= 0.3 is 0 Å². The van der Waals surface area contributed by atoms with Gasteiger partial charge in [0.2, 0.25) is 0 Å². The van der Waals surface area contributed by atoms with Gasteiger partial charge in [0, 0.05) is 6.54 Å². The molecule has 0 aromatic rings. The van der Waals surface area contributed by atoms with E-state index in [0.29, 0.717) is 6.54 Å². The second-order valence-corrected chi connectivity index (χ2v) is 1.72. The van der Waals surface area contributed by atoms with Gasteiger partial charge in [-0.15, -0.1) is 0 Å². The van der Waals surface area contributed by atoms with Crippen molar-refractivity contribution in [3.05, 3.63) is 12.2 Å². The molecule has 0 bridgehead atoms. The minimum atomic E-state index is -0.0428. The molecule has 1 N–H and O–H groups in total. The number of hydrogen-bond donors (Lipinski definition) is 1. The summed E-state index contributed by atoms with van der Waals surface area (Å²) in [4.78, 5) is 10.4. The maximum Gasteiger partial charge on any atom is 0.171 e. The first-order valence-corrected chi connectivity index (χ1v) is 2.42. The molecule has 0 spiro atoms. The fourth-order valence-electron chi connectivity index (χ4n) is 0.603. The van der Waals surface area contributed by atoms with E-state index in [1.54, 1.807) is 6.08 Å². The van der Waals surface area contributed by atoms with Crippen LogP contribution in [0.5, 0.6) is 0 Å². The fraction of sp³-hybridized carbons (Fsp3) is 0.400. The number of nitrogens with zero attached hydrogens (tertiary/aromatic N) is 1. The van der Waals surface area contributed by atoms with Gasteiger partial charge in [-0.1, -0.05) is 6.08 Å². The van der Waals surface area contributed by atoms with Gasteiger partial charge in [-0.05, 0) is 6.08 Å². The first-order valence-electron chi connectivity index (χ1n) is 2.42. The molecular formula is C5H7NO2. The van der Waals surface area contributed by atoms with Gasteiger partial charge in [-0.3, -0.25) is 4.79 Å². The third-order valence-electron chi connectivity index (χ3n) is 0.958. The van der Waals surface area contributed by atoms with E-state index < -0.39 is 0 Å². The zero-order valence-corrected chi connectivity index (χ0v) is 4.37. The highest BCUT2D eigenvalue weighted by atomic mass is 16.5. The number of hydroxylamine groups is 2. The summed E-state index contributed by atoms with van der Waals surface area (Å²) in [5.74, 6) is -0.0428. The fourth-order valence-corrected chi connectivity index (χ4v) is 0.603. The Balaban J connectivity index is 2.54. The molecule has 0 fully saturated rings. The van der Waals surface area contributed by atoms with Gasteiger partial charge in [-0.25, -0.2) is 0 Å². The van der Waals surface area contributed by atoms with Gasteiger partial charge in [0.05, 0.1) is 6.54 Å². The summed E-state index contributed by atoms with van der Waals surface area (Å²) in [6, 6.07) is 0. The summed E-state index contributed by atoms with van der Waals surface area (Å²) < 4.78 is 0. The first-order chi connectivity index (χ1) is 3.79. The van der Waals surface area contributed by atoms with Crippen LogP contribution in [-0.4, -0.2) is 29.1 Å². The van der Waals surface area contributed by atoms with Gasteiger partial charge in [0.15, 0.2) is 5.78 Å². The van der Waals surface area contributed by atoms with E-state index in [1.165, 1.54) is 6.08 Å². The van der Waals surface area contributed by atoms with Gasteiger partial charge in [0.25, 0.3) is 0 Å². The van der Waals surface area contributed by atoms with Crippen molar-refractivity contribution in [1.82, 2.24) is 5.06 Å². The zero-order chi connectivity index (χ0) is 5.98. The van der Waals surface area contributed by atoms with Crippen LogP contribution in [0, 0.1) is 0 Å². The second-order valence-electron chi connectivity index (χ2n) is 1.72. The van der Waals surface area contributed by atoms with Crippen LogP contribution in [-0.2, 0) is 4.79 Å². The first kappa shape index (κ1) is 5.47. The molecule has 44 valence electrons. The molecule has 0 unspecified atom stereocenters. The van der Waals surface area contributed by atoms with E-state index in [-0.39, 0.29) is 12.3 Å². The molecule has 0 radical (unpaired) electrons. The Bertz CT molecular complexity index is 130. The predicted molar refractivity (Wildman–Crippen MR) is 27.5 cm³/mol. The summed E-state index contributed by atoms with van der Waals surface area (Å²) >= 11 is 0. The van der Waals surface area contributed by atoms with Crippen molar-refractivity contribution in [2.45, 2.75) is 0 Å². The molecule has 0 aliphatic carbocycles. The Morgan fingerprint density at radius 1 is 1.75 bits per heavy atom. The van der Waals surface area contributed by atoms with Crippen LogP contribution in [0.3, 0.4) is 0 Å². The van der Waals surface area contributed by atoms with E-state index in [9.17, 15) is 4.79 Å². The predicted octanol–water partition coefficient (Wildman–Crippen LogP) is -0.183. The number of rotatable bonds is 0. The normalized spacial score (nSPS) is 21.9. The molecule has 0 aromatic heterocycles. The summed E-state index contributed by atoms with van der Waals surface area (Å²) in [5, 5.41) is 9.62. The Morgan fingerprint density at radius 2 is 2.50 bits per heavy atom. The van der Waals surface area contributed by atoms with Crippen LogP contribution >= 0.6 is 0 Å². The summed E-state index contributed by atoms with van der Waals surface area (Å²) in [5.41, 5.74) is 0.